The van der Waals surface area contributed by atoms with Gasteiger partial charge in [0.05, 0.1) is 17.9 Å². The lowest BCUT2D eigenvalue weighted by molar-refractivity contribution is 0.195. The van der Waals surface area contributed by atoms with Crippen molar-refractivity contribution < 1.29 is 4.74 Å². The van der Waals surface area contributed by atoms with Gasteiger partial charge in [-0.3, -0.25) is 4.68 Å². The summed E-state index contributed by atoms with van der Waals surface area (Å²) in [4.78, 5) is 0. The number of benzene rings is 1. The fraction of sp³-hybridized carbons (Fsp3) is 0.333. The van der Waals surface area contributed by atoms with Gasteiger partial charge in [0.1, 0.15) is 11.9 Å². The summed E-state index contributed by atoms with van der Waals surface area (Å²) in [6.07, 6.45) is 2.49. The van der Waals surface area contributed by atoms with Gasteiger partial charge in [0.2, 0.25) is 0 Å². The van der Waals surface area contributed by atoms with Crippen LogP contribution in [0.5, 0.6) is 5.75 Å². The quantitative estimate of drug-likeness (QED) is 0.829. The number of nitrogens with zero attached hydrogens (tertiary/aromatic N) is 3. The third kappa shape index (κ3) is 1.68. The van der Waals surface area contributed by atoms with Crippen LogP contribution in [0.3, 0.4) is 0 Å². The van der Waals surface area contributed by atoms with E-state index < -0.39 is 0 Å². The fourth-order valence-corrected chi connectivity index (χ4v) is 2.20. The predicted molar refractivity (Wildman–Crippen MR) is 62.5 cm³/mol. The van der Waals surface area contributed by atoms with E-state index in [-0.39, 0.29) is 12.1 Å². The first-order chi connectivity index (χ1) is 8.25. The molecule has 0 aliphatic carbocycles. The fourth-order valence-electron chi connectivity index (χ4n) is 2.20. The Hall–Kier alpha value is -1.88. The summed E-state index contributed by atoms with van der Waals surface area (Å²) < 4.78 is 7.55. The minimum absolute atomic E-state index is 0.0374. The summed E-state index contributed by atoms with van der Waals surface area (Å²) in [5.41, 5.74) is 8.30. The highest BCUT2D eigenvalue weighted by atomic mass is 16.5. The minimum Gasteiger partial charge on any atom is -0.488 e. The molecule has 5 heteroatoms. The van der Waals surface area contributed by atoms with E-state index in [1.165, 1.54) is 5.56 Å². The Kier molecular flexibility index (Phi) is 2.33. The molecule has 1 aromatic carbocycles. The molecule has 2 heterocycles. The molecule has 3 rings (SSSR count). The van der Waals surface area contributed by atoms with Gasteiger partial charge in [0, 0.05) is 13.5 Å². The van der Waals surface area contributed by atoms with Crippen molar-refractivity contribution in [1.29, 1.82) is 0 Å². The Bertz CT molecular complexity index is 512. The number of hydrogen-bond acceptors (Lipinski definition) is 4. The minimum atomic E-state index is -0.206. The number of aryl methyl sites for hydroxylation is 1. The van der Waals surface area contributed by atoms with Gasteiger partial charge in [-0.25, -0.2) is 0 Å². The number of hydrogen-bond donors (Lipinski definition) is 1. The van der Waals surface area contributed by atoms with Crippen LogP contribution in [0.4, 0.5) is 0 Å². The monoisotopic (exact) mass is 230 g/mol. The second-order valence-corrected chi connectivity index (χ2v) is 4.28. The highest BCUT2D eigenvalue weighted by molar-refractivity contribution is 5.38. The van der Waals surface area contributed by atoms with Crippen molar-refractivity contribution in [2.24, 2.45) is 12.8 Å². The molecule has 2 unspecified atom stereocenters. The van der Waals surface area contributed by atoms with E-state index in [4.69, 9.17) is 10.5 Å². The van der Waals surface area contributed by atoms with Crippen molar-refractivity contribution in [3.63, 3.8) is 0 Å². The Morgan fingerprint density at radius 1 is 1.47 bits per heavy atom. The number of para-hydroxylation sites is 1. The average molecular weight is 230 g/mol. The number of rotatable bonds is 2. The van der Waals surface area contributed by atoms with Crippen LogP contribution in [0.1, 0.15) is 17.3 Å². The number of aromatic nitrogens is 3. The van der Waals surface area contributed by atoms with Gasteiger partial charge in [-0.1, -0.05) is 23.4 Å². The molecule has 0 radical (unpaired) electrons. The molecule has 0 spiro atoms. The van der Waals surface area contributed by atoms with E-state index in [2.05, 4.69) is 16.4 Å². The lowest BCUT2D eigenvalue weighted by Crippen LogP contribution is -2.31. The molecule has 0 bridgehead atoms. The van der Waals surface area contributed by atoms with Crippen LogP contribution in [0.15, 0.2) is 30.5 Å². The summed E-state index contributed by atoms with van der Waals surface area (Å²) in [5, 5.41) is 7.73. The number of fused-ring (bicyclic) bond motifs is 1. The first-order valence-electron chi connectivity index (χ1n) is 5.60. The lowest BCUT2D eigenvalue weighted by atomic mass is 10.0. The van der Waals surface area contributed by atoms with Crippen LogP contribution in [-0.4, -0.2) is 21.1 Å². The molecule has 0 amide bonds. The van der Waals surface area contributed by atoms with Gasteiger partial charge in [-0.15, -0.1) is 5.10 Å². The largest absolute Gasteiger partial charge is 0.488 e. The van der Waals surface area contributed by atoms with Crippen LogP contribution in [0, 0.1) is 0 Å². The summed E-state index contributed by atoms with van der Waals surface area (Å²) in [6.45, 7) is 0. The van der Waals surface area contributed by atoms with Gasteiger partial charge in [-0.05, 0) is 11.6 Å². The van der Waals surface area contributed by atoms with Gasteiger partial charge in [-0.2, -0.15) is 0 Å². The maximum absolute atomic E-state index is 6.20. The Morgan fingerprint density at radius 3 is 3.00 bits per heavy atom. The molecule has 0 saturated heterocycles. The van der Waals surface area contributed by atoms with Gasteiger partial charge in [0.25, 0.3) is 0 Å². The Morgan fingerprint density at radius 2 is 2.29 bits per heavy atom. The first-order valence-corrected chi connectivity index (χ1v) is 5.60. The molecular formula is C12H14N4O. The van der Waals surface area contributed by atoms with Crippen LogP contribution < -0.4 is 10.5 Å². The molecule has 2 aromatic rings. The van der Waals surface area contributed by atoms with Gasteiger partial charge < -0.3 is 10.5 Å². The predicted octanol–water partition coefficient (Wildman–Crippen LogP) is 0.819. The van der Waals surface area contributed by atoms with Crippen molar-refractivity contribution in [2.45, 2.75) is 18.6 Å². The molecule has 88 valence electrons. The van der Waals surface area contributed by atoms with Crippen LogP contribution in [0.25, 0.3) is 0 Å². The Labute approximate surface area is 99.2 Å². The summed E-state index contributed by atoms with van der Waals surface area (Å²) >= 11 is 0. The number of nitrogens with two attached hydrogens (primary N) is 1. The zero-order valence-electron chi connectivity index (χ0n) is 9.58. The van der Waals surface area contributed by atoms with E-state index in [1.54, 1.807) is 10.9 Å². The number of ether oxygens (including phenoxy) is 1. The highest BCUT2D eigenvalue weighted by Gasteiger charge is 2.30. The maximum Gasteiger partial charge on any atom is 0.124 e. The molecule has 1 aliphatic heterocycles. The first kappa shape index (κ1) is 10.3. The van der Waals surface area contributed by atoms with E-state index >= 15 is 0 Å². The summed E-state index contributed by atoms with van der Waals surface area (Å²) in [5.74, 6) is 0.933. The molecule has 0 fully saturated rings. The second kappa shape index (κ2) is 3.85. The van der Waals surface area contributed by atoms with Gasteiger partial charge in [0.15, 0.2) is 0 Å². The standard InChI is InChI=1S/C12H14N4O/c1-16-9(7-14-15-16)12(13)11-6-8-4-2-3-5-10(8)17-11/h2-5,7,11-12H,6,13H2,1H3. The van der Waals surface area contributed by atoms with E-state index in [9.17, 15) is 0 Å². The van der Waals surface area contributed by atoms with E-state index in [1.807, 2.05) is 25.2 Å². The normalized spacial score (nSPS) is 19.8. The molecule has 1 aliphatic rings. The van der Waals surface area contributed by atoms with E-state index in [0.717, 1.165) is 17.9 Å². The smallest absolute Gasteiger partial charge is 0.124 e. The molecule has 5 nitrogen and oxygen atoms in total. The maximum atomic E-state index is 6.20. The van der Waals surface area contributed by atoms with Gasteiger partial charge >= 0.3 is 0 Å². The van der Waals surface area contributed by atoms with Crippen LogP contribution in [0.2, 0.25) is 0 Å². The molecular weight excluding hydrogens is 216 g/mol. The van der Waals surface area contributed by atoms with Crippen LogP contribution >= 0.6 is 0 Å². The summed E-state index contributed by atoms with van der Waals surface area (Å²) in [7, 11) is 1.84. The average Bonchev–Trinajstić information content (AvgIpc) is 2.93. The highest BCUT2D eigenvalue weighted by Crippen LogP contribution is 2.32. The Balaban J connectivity index is 1.83. The summed E-state index contributed by atoms with van der Waals surface area (Å²) in [6, 6.07) is 7.83. The molecule has 17 heavy (non-hydrogen) atoms. The molecule has 0 saturated carbocycles. The van der Waals surface area contributed by atoms with Crippen LogP contribution in [-0.2, 0) is 13.5 Å². The molecule has 1 aromatic heterocycles. The van der Waals surface area contributed by atoms with Crippen molar-refractivity contribution in [3.05, 3.63) is 41.7 Å². The zero-order valence-corrected chi connectivity index (χ0v) is 9.58. The topological polar surface area (TPSA) is 66.0 Å². The van der Waals surface area contributed by atoms with E-state index in [0.29, 0.717) is 0 Å². The third-order valence-corrected chi connectivity index (χ3v) is 3.16. The van der Waals surface area contributed by atoms with Crippen molar-refractivity contribution in [2.75, 3.05) is 0 Å². The van der Waals surface area contributed by atoms with Crippen molar-refractivity contribution in [1.82, 2.24) is 15.0 Å². The lowest BCUT2D eigenvalue weighted by Gasteiger charge is -2.18. The zero-order chi connectivity index (χ0) is 11.8. The SMILES string of the molecule is Cn1nncc1C(N)C1Cc2ccccc2O1. The second-order valence-electron chi connectivity index (χ2n) is 4.28. The third-order valence-electron chi connectivity index (χ3n) is 3.16. The van der Waals surface area contributed by atoms with Crippen molar-refractivity contribution >= 4 is 0 Å². The molecule has 2 N–H and O–H groups in total. The van der Waals surface area contributed by atoms with Crippen molar-refractivity contribution in [3.8, 4) is 5.75 Å². The molecule has 2 atom stereocenters.